The highest BCUT2D eigenvalue weighted by Crippen LogP contribution is 2.21. The second-order valence-corrected chi connectivity index (χ2v) is 8.41. The SMILES string of the molecule is C[C@H](OC(=O)[C@@H](Cc1c[nH]c2ccccc12)NC(=O)c1ccccc1Cl)C(=O)Nc1ccccc1. The van der Waals surface area contributed by atoms with E-state index in [1.807, 2.05) is 30.3 Å². The lowest BCUT2D eigenvalue weighted by molar-refractivity contribution is -0.155. The van der Waals surface area contributed by atoms with Gasteiger partial charge in [0.2, 0.25) is 0 Å². The number of carbonyl (C=O) groups is 3. The van der Waals surface area contributed by atoms with Gasteiger partial charge < -0.3 is 20.4 Å². The maximum atomic E-state index is 13.2. The van der Waals surface area contributed by atoms with Gasteiger partial charge in [-0.1, -0.05) is 60.1 Å². The number of nitrogens with one attached hydrogen (secondary N) is 3. The Morgan fingerprint density at radius 3 is 2.40 bits per heavy atom. The molecule has 0 unspecified atom stereocenters. The maximum Gasteiger partial charge on any atom is 0.329 e. The van der Waals surface area contributed by atoms with E-state index in [1.54, 1.807) is 54.7 Å². The predicted octanol–water partition coefficient (Wildman–Crippen LogP) is 4.73. The van der Waals surface area contributed by atoms with Gasteiger partial charge in [0.15, 0.2) is 6.10 Å². The number of H-pyrrole nitrogens is 1. The highest BCUT2D eigenvalue weighted by Gasteiger charge is 2.28. The summed E-state index contributed by atoms with van der Waals surface area (Å²) in [6, 6.07) is 22.0. The topological polar surface area (TPSA) is 100 Å². The van der Waals surface area contributed by atoms with Crippen molar-refractivity contribution in [3.63, 3.8) is 0 Å². The summed E-state index contributed by atoms with van der Waals surface area (Å²) in [6.45, 7) is 1.48. The summed E-state index contributed by atoms with van der Waals surface area (Å²) in [6.07, 6.45) is 0.870. The predicted molar refractivity (Wildman–Crippen MR) is 135 cm³/mol. The lowest BCUT2D eigenvalue weighted by Gasteiger charge is -2.20. The Morgan fingerprint density at radius 2 is 1.63 bits per heavy atom. The summed E-state index contributed by atoms with van der Waals surface area (Å²) in [5.74, 6) is -1.72. The normalized spacial score (nSPS) is 12.5. The number of aromatic nitrogens is 1. The smallest absolute Gasteiger partial charge is 0.329 e. The standard InChI is InChI=1S/C27H24ClN3O4/c1-17(25(32)30-19-9-3-2-4-10-19)35-27(34)24(31-26(33)21-12-5-7-13-22(21)28)15-18-16-29-23-14-8-6-11-20(18)23/h2-14,16-17,24,29H,15H2,1H3,(H,30,32)(H,31,33)/t17-,24+/m0/s1. The van der Waals surface area contributed by atoms with Gasteiger partial charge in [-0.3, -0.25) is 9.59 Å². The molecule has 0 aliphatic carbocycles. The van der Waals surface area contributed by atoms with Crippen LogP contribution in [0.25, 0.3) is 10.9 Å². The van der Waals surface area contributed by atoms with Crippen molar-refractivity contribution in [2.75, 3.05) is 5.32 Å². The summed E-state index contributed by atoms with van der Waals surface area (Å²) in [5.41, 5.74) is 2.55. The monoisotopic (exact) mass is 489 g/mol. The lowest BCUT2D eigenvalue weighted by atomic mass is 10.0. The molecule has 0 bridgehead atoms. The number of amides is 2. The molecule has 0 fully saturated rings. The van der Waals surface area contributed by atoms with E-state index < -0.39 is 29.9 Å². The number of hydrogen-bond acceptors (Lipinski definition) is 4. The molecule has 3 N–H and O–H groups in total. The van der Waals surface area contributed by atoms with Gasteiger partial charge >= 0.3 is 5.97 Å². The molecule has 0 saturated heterocycles. The highest BCUT2D eigenvalue weighted by molar-refractivity contribution is 6.33. The quantitative estimate of drug-likeness (QED) is 0.311. The lowest BCUT2D eigenvalue weighted by Crippen LogP contribution is -2.45. The molecule has 0 aliphatic heterocycles. The molecule has 1 aromatic heterocycles. The average Bonchev–Trinajstić information content (AvgIpc) is 3.27. The third-order valence-corrected chi connectivity index (χ3v) is 5.84. The van der Waals surface area contributed by atoms with Crippen molar-refractivity contribution in [2.45, 2.75) is 25.5 Å². The molecule has 8 heteroatoms. The number of benzene rings is 3. The molecule has 0 spiro atoms. The minimum Gasteiger partial charge on any atom is -0.451 e. The Kier molecular flexibility index (Phi) is 7.48. The molecule has 4 aromatic rings. The number of rotatable bonds is 8. The molecule has 0 saturated carbocycles. The second kappa shape index (κ2) is 10.9. The Labute approximate surface area is 207 Å². The number of aromatic amines is 1. The number of fused-ring (bicyclic) bond motifs is 1. The van der Waals surface area contributed by atoms with E-state index in [2.05, 4.69) is 15.6 Å². The first kappa shape index (κ1) is 24.0. The molecule has 3 aromatic carbocycles. The zero-order valence-electron chi connectivity index (χ0n) is 19.0. The van der Waals surface area contributed by atoms with Crippen molar-refractivity contribution < 1.29 is 19.1 Å². The fourth-order valence-corrected chi connectivity index (χ4v) is 3.89. The number of halogens is 1. The first-order chi connectivity index (χ1) is 16.9. The average molecular weight is 490 g/mol. The van der Waals surface area contributed by atoms with Gasteiger partial charge in [0.05, 0.1) is 10.6 Å². The van der Waals surface area contributed by atoms with Crippen molar-refractivity contribution >= 4 is 46.0 Å². The molecule has 0 aliphatic rings. The minimum absolute atomic E-state index is 0.159. The number of para-hydroxylation sites is 2. The maximum absolute atomic E-state index is 13.2. The van der Waals surface area contributed by atoms with Crippen LogP contribution in [0.3, 0.4) is 0 Å². The van der Waals surface area contributed by atoms with E-state index in [-0.39, 0.29) is 17.0 Å². The Morgan fingerprint density at radius 1 is 0.943 bits per heavy atom. The largest absolute Gasteiger partial charge is 0.451 e. The molecule has 35 heavy (non-hydrogen) atoms. The minimum atomic E-state index is -1.08. The van der Waals surface area contributed by atoms with Crippen LogP contribution in [-0.2, 0) is 20.7 Å². The van der Waals surface area contributed by atoms with E-state index in [1.165, 1.54) is 6.92 Å². The van der Waals surface area contributed by atoms with Gasteiger partial charge in [0.1, 0.15) is 6.04 Å². The van der Waals surface area contributed by atoms with Gasteiger partial charge in [-0.15, -0.1) is 0 Å². The van der Waals surface area contributed by atoms with E-state index in [0.717, 1.165) is 16.5 Å². The molecule has 178 valence electrons. The van der Waals surface area contributed by atoms with Gasteiger partial charge in [0.25, 0.3) is 11.8 Å². The second-order valence-electron chi connectivity index (χ2n) is 8.00. The van der Waals surface area contributed by atoms with E-state index in [4.69, 9.17) is 16.3 Å². The summed E-state index contributed by atoms with van der Waals surface area (Å²) in [7, 11) is 0. The number of hydrogen-bond donors (Lipinski definition) is 3. The molecule has 4 rings (SSSR count). The highest BCUT2D eigenvalue weighted by atomic mass is 35.5. The first-order valence-corrected chi connectivity index (χ1v) is 11.5. The molecule has 2 atom stereocenters. The fourth-order valence-electron chi connectivity index (χ4n) is 3.67. The zero-order chi connectivity index (χ0) is 24.8. The van der Waals surface area contributed by atoms with E-state index in [9.17, 15) is 14.4 Å². The van der Waals surface area contributed by atoms with Crippen LogP contribution in [0.2, 0.25) is 5.02 Å². The number of anilines is 1. The van der Waals surface area contributed by atoms with Gasteiger partial charge in [-0.25, -0.2) is 4.79 Å². The first-order valence-electron chi connectivity index (χ1n) is 11.1. The molecular weight excluding hydrogens is 466 g/mol. The van der Waals surface area contributed by atoms with Crippen LogP contribution in [0.1, 0.15) is 22.8 Å². The Bertz CT molecular complexity index is 1350. The number of esters is 1. The third kappa shape index (κ3) is 5.88. The van der Waals surface area contributed by atoms with Crippen molar-refractivity contribution in [1.29, 1.82) is 0 Å². The van der Waals surface area contributed by atoms with Gasteiger partial charge in [-0.2, -0.15) is 0 Å². The molecule has 7 nitrogen and oxygen atoms in total. The van der Waals surface area contributed by atoms with Crippen LogP contribution in [0.5, 0.6) is 0 Å². The Hall–Kier alpha value is -4.10. The zero-order valence-corrected chi connectivity index (χ0v) is 19.7. The fraction of sp³-hybridized carbons (Fsp3) is 0.148. The van der Waals surface area contributed by atoms with E-state index in [0.29, 0.717) is 5.69 Å². The molecule has 1 heterocycles. The number of ether oxygens (including phenoxy) is 1. The van der Waals surface area contributed by atoms with Crippen LogP contribution >= 0.6 is 11.6 Å². The van der Waals surface area contributed by atoms with Crippen LogP contribution in [-0.4, -0.2) is 34.9 Å². The molecule has 0 radical (unpaired) electrons. The van der Waals surface area contributed by atoms with Gasteiger partial charge in [0, 0.05) is 29.2 Å². The summed E-state index contributed by atoms with van der Waals surface area (Å²) in [5, 5.41) is 6.62. The van der Waals surface area contributed by atoms with Crippen LogP contribution in [0.4, 0.5) is 5.69 Å². The van der Waals surface area contributed by atoms with Crippen LogP contribution in [0.15, 0.2) is 85.1 Å². The third-order valence-electron chi connectivity index (χ3n) is 5.51. The van der Waals surface area contributed by atoms with Crippen molar-refractivity contribution in [3.05, 3.63) is 101 Å². The van der Waals surface area contributed by atoms with Gasteiger partial charge in [-0.05, 0) is 42.8 Å². The van der Waals surface area contributed by atoms with Crippen molar-refractivity contribution in [2.24, 2.45) is 0 Å². The van der Waals surface area contributed by atoms with Crippen molar-refractivity contribution in [1.82, 2.24) is 10.3 Å². The Balaban J connectivity index is 1.53. The van der Waals surface area contributed by atoms with E-state index >= 15 is 0 Å². The molecular formula is C27H24ClN3O4. The summed E-state index contributed by atoms with van der Waals surface area (Å²) >= 11 is 6.17. The van der Waals surface area contributed by atoms with Crippen LogP contribution in [0, 0.1) is 0 Å². The molecule has 2 amide bonds. The summed E-state index contributed by atoms with van der Waals surface area (Å²) in [4.78, 5) is 41.8. The van der Waals surface area contributed by atoms with Crippen molar-refractivity contribution in [3.8, 4) is 0 Å². The summed E-state index contributed by atoms with van der Waals surface area (Å²) < 4.78 is 5.47. The number of carbonyl (C=O) groups excluding carboxylic acids is 3. The van der Waals surface area contributed by atoms with Crippen LogP contribution < -0.4 is 10.6 Å².